The van der Waals surface area contributed by atoms with Crippen LogP contribution < -0.4 is 14.8 Å². The molecule has 2 aromatic rings. The Morgan fingerprint density at radius 2 is 1.97 bits per heavy atom. The van der Waals surface area contributed by atoms with Gasteiger partial charge in [-0.3, -0.25) is 14.5 Å². The number of ketones is 1. The van der Waals surface area contributed by atoms with Gasteiger partial charge in [-0.1, -0.05) is 12.5 Å². The average Bonchev–Trinajstić information content (AvgIpc) is 3.28. The van der Waals surface area contributed by atoms with Crippen molar-refractivity contribution in [1.29, 1.82) is 0 Å². The molecule has 0 saturated carbocycles. The van der Waals surface area contributed by atoms with Gasteiger partial charge in [0.15, 0.2) is 17.3 Å². The van der Waals surface area contributed by atoms with Gasteiger partial charge < -0.3 is 14.8 Å². The van der Waals surface area contributed by atoms with Crippen molar-refractivity contribution in [3.05, 3.63) is 59.4 Å². The topological polar surface area (TPSA) is 67.9 Å². The van der Waals surface area contributed by atoms with Crippen molar-refractivity contribution in [3.8, 4) is 11.5 Å². The first kappa shape index (κ1) is 23.2. The highest BCUT2D eigenvalue weighted by Gasteiger charge is 2.29. The monoisotopic (exact) mass is 454 g/mol. The van der Waals surface area contributed by atoms with E-state index in [9.17, 15) is 14.0 Å². The van der Waals surface area contributed by atoms with Crippen molar-refractivity contribution in [2.75, 3.05) is 33.4 Å². The summed E-state index contributed by atoms with van der Waals surface area (Å²) in [6.07, 6.45) is 4.17. The number of rotatable bonds is 9. The highest BCUT2D eigenvalue weighted by molar-refractivity contribution is 6.00. The summed E-state index contributed by atoms with van der Waals surface area (Å²) in [7, 11) is 1.61. The molecular formula is C26H31FN2O4. The fraction of sp³-hybridized carbons (Fsp3) is 0.462. The van der Waals surface area contributed by atoms with Gasteiger partial charge in [0.2, 0.25) is 5.91 Å². The number of nitrogens with zero attached hydrogens (tertiary/aromatic N) is 1. The normalized spacial score (nSPS) is 21.0. The molecule has 1 N–H and O–H groups in total. The summed E-state index contributed by atoms with van der Waals surface area (Å²) in [5.74, 6) is 1.29. The summed E-state index contributed by atoms with van der Waals surface area (Å²) < 4.78 is 24.7. The largest absolute Gasteiger partial charge is 0.493 e. The lowest BCUT2D eigenvalue weighted by Crippen LogP contribution is -2.45. The fourth-order valence-corrected chi connectivity index (χ4v) is 4.71. The van der Waals surface area contributed by atoms with E-state index < -0.39 is 0 Å². The van der Waals surface area contributed by atoms with E-state index in [1.54, 1.807) is 19.2 Å². The standard InChI is InChI=1S/C26H31FN2O4/c1-32-23-11-8-19(20-16-25(30)28-17-20)15-24(23)33-14-4-13-29-12-3-2-5-22(29)26(31)18-6-9-21(27)10-7-18/h6-11,15,20,22H,2-5,12-14,16-17H2,1H3,(H,28,30). The number of hydrogen-bond acceptors (Lipinski definition) is 5. The van der Waals surface area contributed by atoms with Crippen molar-refractivity contribution in [2.45, 2.75) is 44.1 Å². The quantitative estimate of drug-likeness (QED) is 0.459. The van der Waals surface area contributed by atoms with Gasteiger partial charge in [-0.2, -0.15) is 0 Å². The van der Waals surface area contributed by atoms with Crippen LogP contribution in [-0.4, -0.2) is 56.0 Å². The lowest BCUT2D eigenvalue weighted by atomic mass is 9.94. The molecule has 2 saturated heterocycles. The number of likely N-dealkylation sites (tertiary alicyclic amines) is 1. The number of halogens is 1. The SMILES string of the molecule is COc1ccc(C2CNC(=O)C2)cc1OCCCN1CCCCC1C(=O)c1ccc(F)cc1. The third-order valence-corrected chi connectivity index (χ3v) is 6.53. The zero-order valence-electron chi connectivity index (χ0n) is 19.0. The summed E-state index contributed by atoms with van der Waals surface area (Å²) in [6, 6.07) is 11.5. The lowest BCUT2D eigenvalue weighted by molar-refractivity contribution is -0.119. The molecule has 4 rings (SSSR count). The summed E-state index contributed by atoms with van der Waals surface area (Å²) in [5.41, 5.74) is 1.62. The molecule has 2 aliphatic rings. The molecule has 7 heteroatoms. The highest BCUT2D eigenvalue weighted by Crippen LogP contribution is 2.33. The van der Waals surface area contributed by atoms with Crippen molar-refractivity contribution >= 4 is 11.7 Å². The number of hydrogen-bond donors (Lipinski definition) is 1. The lowest BCUT2D eigenvalue weighted by Gasteiger charge is -2.34. The summed E-state index contributed by atoms with van der Waals surface area (Å²) >= 11 is 0. The minimum Gasteiger partial charge on any atom is -0.493 e. The first-order valence-corrected chi connectivity index (χ1v) is 11.7. The minimum atomic E-state index is -0.334. The van der Waals surface area contributed by atoms with E-state index in [0.717, 1.165) is 44.3 Å². The summed E-state index contributed by atoms with van der Waals surface area (Å²) in [4.78, 5) is 26.8. The number of piperidine rings is 1. The molecule has 0 radical (unpaired) electrons. The van der Waals surface area contributed by atoms with Crippen LogP contribution in [0.1, 0.15) is 53.9 Å². The molecule has 1 amide bonds. The molecule has 6 nitrogen and oxygen atoms in total. The van der Waals surface area contributed by atoms with Crippen LogP contribution in [0.2, 0.25) is 0 Å². The van der Waals surface area contributed by atoms with Crippen molar-refractivity contribution < 1.29 is 23.5 Å². The van der Waals surface area contributed by atoms with Crippen LogP contribution >= 0.6 is 0 Å². The van der Waals surface area contributed by atoms with Gasteiger partial charge >= 0.3 is 0 Å². The van der Waals surface area contributed by atoms with Crippen LogP contribution in [-0.2, 0) is 4.79 Å². The van der Waals surface area contributed by atoms with Gasteiger partial charge in [-0.15, -0.1) is 0 Å². The molecule has 0 spiro atoms. The first-order valence-electron chi connectivity index (χ1n) is 11.7. The Morgan fingerprint density at radius 3 is 2.70 bits per heavy atom. The van der Waals surface area contributed by atoms with Gasteiger partial charge in [0, 0.05) is 31.0 Å². The number of benzene rings is 2. The Kier molecular flexibility index (Phi) is 7.60. The van der Waals surface area contributed by atoms with Gasteiger partial charge in [0.1, 0.15) is 5.82 Å². The molecule has 2 fully saturated rings. The number of ether oxygens (including phenoxy) is 2. The average molecular weight is 455 g/mol. The maximum atomic E-state index is 13.2. The van der Waals surface area contributed by atoms with E-state index in [1.165, 1.54) is 12.1 Å². The second kappa shape index (κ2) is 10.8. The zero-order chi connectivity index (χ0) is 23.2. The van der Waals surface area contributed by atoms with Crippen LogP contribution in [0, 0.1) is 5.82 Å². The molecule has 176 valence electrons. The Labute approximate surface area is 194 Å². The van der Waals surface area contributed by atoms with Crippen LogP contribution in [0.3, 0.4) is 0 Å². The Morgan fingerprint density at radius 1 is 1.15 bits per heavy atom. The Balaban J connectivity index is 1.34. The third-order valence-electron chi connectivity index (χ3n) is 6.53. The van der Waals surface area contributed by atoms with Gasteiger partial charge in [-0.25, -0.2) is 4.39 Å². The molecule has 2 atom stereocenters. The number of Topliss-reactive ketones (excluding diaryl/α,β-unsaturated/α-hetero) is 1. The Bertz CT molecular complexity index is 979. The number of nitrogens with one attached hydrogen (secondary N) is 1. The molecule has 0 aromatic heterocycles. The first-order chi connectivity index (χ1) is 16.0. The predicted molar refractivity (Wildman–Crippen MR) is 123 cm³/mol. The summed E-state index contributed by atoms with van der Waals surface area (Å²) in [5, 5.41) is 2.87. The molecule has 2 aromatic carbocycles. The number of carbonyl (C=O) groups excluding carboxylic acids is 2. The third kappa shape index (κ3) is 5.71. The predicted octanol–water partition coefficient (Wildman–Crippen LogP) is 3.94. The molecular weight excluding hydrogens is 423 g/mol. The Hall–Kier alpha value is -2.93. The van der Waals surface area contributed by atoms with E-state index >= 15 is 0 Å². The van der Waals surface area contributed by atoms with E-state index in [0.29, 0.717) is 36.6 Å². The molecule has 0 bridgehead atoms. The van der Waals surface area contributed by atoms with Crippen LogP contribution in [0.15, 0.2) is 42.5 Å². The van der Waals surface area contributed by atoms with Gasteiger partial charge in [0.05, 0.1) is 19.8 Å². The summed E-state index contributed by atoms with van der Waals surface area (Å²) in [6.45, 7) is 2.76. The minimum absolute atomic E-state index is 0.0599. The number of methoxy groups -OCH3 is 1. The zero-order valence-corrected chi connectivity index (χ0v) is 19.0. The van der Waals surface area contributed by atoms with Gasteiger partial charge in [0.25, 0.3) is 0 Å². The highest BCUT2D eigenvalue weighted by atomic mass is 19.1. The molecule has 2 unspecified atom stereocenters. The van der Waals surface area contributed by atoms with Crippen LogP contribution in [0.4, 0.5) is 4.39 Å². The fourth-order valence-electron chi connectivity index (χ4n) is 4.71. The van der Waals surface area contributed by atoms with E-state index in [-0.39, 0.29) is 29.5 Å². The van der Waals surface area contributed by atoms with Gasteiger partial charge in [-0.05, 0) is 67.8 Å². The maximum absolute atomic E-state index is 13.2. The molecule has 2 heterocycles. The van der Waals surface area contributed by atoms with Crippen molar-refractivity contribution in [1.82, 2.24) is 10.2 Å². The number of amides is 1. The van der Waals surface area contributed by atoms with Crippen LogP contribution in [0.25, 0.3) is 0 Å². The number of carbonyl (C=O) groups is 2. The van der Waals surface area contributed by atoms with Crippen LogP contribution in [0.5, 0.6) is 11.5 Å². The molecule has 2 aliphatic heterocycles. The van der Waals surface area contributed by atoms with E-state index in [1.807, 2.05) is 18.2 Å². The van der Waals surface area contributed by atoms with Crippen molar-refractivity contribution in [3.63, 3.8) is 0 Å². The maximum Gasteiger partial charge on any atom is 0.220 e. The van der Waals surface area contributed by atoms with E-state index in [4.69, 9.17) is 9.47 Å². The molecule has 33 heavy (non-hydrogen) atoms. The second-order valence-corrected chi connectivity index (χ2v) is 8.74. The molecule has 0 aliphatic carbocycles. The van der Waals surface area contributed by atoms with E-state index in [2.05, 4.69) is 10.2 Å². The van der Waals surface area contributed by atoms with Crippen molar-refractivity contribution in [2.24, 2.45) is 0 Å². The smallest absolute Gasteiger partial charge is 0.220 e. The second-order valence-electron chi connectivity index (χ2n) is 8.74.